The lowest BCUT2D eigenvalue weighted by Crippen LogP contribution is -2.50. The van der Waals surface area contributed by atoms with Crippen molar-refractivity contribution >= 4 is 64.7 Å². The van der Waals surface area contributed by atoms with Gasteiger partial charge >= 0.3 is 0 Å². The van der Waals surface area contributed by atoms with Gasteiger partial charge in [0.25, 0.3) is 0 Å². The van der Waals surface area contributed by atoms with Crippen LogP contribution in [0.4, 0.5) is 5.69 Å². The number of hydrogen-bond donors (Lipinski definition) is 4. The third-order valence-corrected chi connectivity index (χ3v) is 9.58. The van der Waals surface area contributed by atoms with Crippen LogP contribution >= 0.6 is 11.8 Å². The number of ether oxygens (including phenoxy) is 4. The molecule has 55 heavy (non-hydrogen) atoms. The van der Waals surface area contributed by atoms with Gasteiger partial charge in [0.15, 0.2) is 0 Å². The molecule has 304 valence electrons. The van der Waals surface area contributed by atoms with E-state index in [0.717, 1.165) is 28.6 Å². The summed E-state index contributed by atoms with van der Waals surface area (Å²) in [4.78, 5) is 101. The van der Waals surface area contributed by atoms with Crippen molar-refractivity contribution < 1.29 is 57.3 Å². The summed E-state index contributed by atoms with van der Waals surface area (Å²) in [5.41, 5.74) is 1.33. The second-order valence-electron chi connectivity index (χ2n) is 12.5. The fraction of sp³-hybridized carbons (Fsp3) is 0.611. The lowest BCUT2D eigenvalue weighted by molar-refractivity contribution is -0.152. The molecule has 1 aromatic rings. The van der Waals surface area contributed by atoms with Crippen LogP contribution in [0.5, 0.6) is 0 Å². The molecule has 2 fully saturated rings. The number of anilines is 1. The molecule has 2 aliphatic heterocycles. The molecule has 0 spiro atoms. The van der Waals surface area contributed by atoms with Crippen molar-refractivity contribution in [2.24, 2.45) is 0 Å². The minimum absolute atomic E-state index is 0.0363. The summed E-state index contributed by atoms with van der Waals surface area (Å²) in [6, 6.07) is 5.71. The zero-order chi connectivity index (χ0) is 40.0. The van der Waals surface area contributed by atoms with E-state index in [1.165, 1.54) is 11.9 Å². The molecule has 0 aromatic heterocycles. The number of rotatable bonds is 27. The summed E-state index contributed by atoms with van der Waals surface area (Å²) in [6.45, 7) is 3.96. The highest BCUT2D eigenvalue weighted by atomic mass is 32.2. The Bertz CT molecular complexity index is 1480. The van der Waals surface area contributed by atoms with Crippen molar-refractivity contribution in [3.05, 3.63) is 29.8 Å². The van der Waals surface area contributed by atoms with Crippen LogP contribution in [-0.4, -0.2) is 154 Å². The molecular weight excluding hydrogens is 740 g/mol. The van der Waals surface area contributed by atoms with Gasteiger partial charge in [-0.1, -0.05) is 19.1 Å². The number of β-lactam (4-membered cyclic amide) rings is 1. The third kappa shape index (κ3) is 16.5. The van der Waals surface area contributed by atoms with Crippen LogP contribution in [0.2, 0.25) is 0 Å². The van der Waals surface area contributed by atoms with Gasteiger partial charge in [-0.15, -0.1) is 11.8 Å². The summed E-state index contributed by atoms with van der Waals surface area (Å²) in [5, 5.41) is 9.56. The Morgan fingerprint density at radius 2 is 1.51 bits per heavy atom. The number of amides is 8. The van der Waals surface area contributed by atoms with Gasteiger partial charge in [0.05, 0.1) is 38.3 Å². The molecule has 4 N–H and O–H groups in total. The number of likely N-dealkylation sites (tertiary alicyclic amines) is 2. The van der Waals surface area contributed by atoms with Gasteiger partial charge in [-0.3, -0.25) is 48.2 Å². The summed E-state index contributed by atoms with van der Waals surface area (Å²) < 4.78 is 21.5. The summed E-state index contributed by atoms with van der Waals surface area (Å²) >= 11 is 1.03. The summed E-state index contributed by atoms with van der Waals surface area (Å²) in [7, 11) is 1.45. The van der Waals surface area contributed by atoms with Gasteiger partial charge in [0, 0.05) is 70.4 Å². The normalized spacial score (nSPS) is 15.7. The van der Waals surface area contributed by atoms with Crippen LogP contribution in [0.25, 0.3) is 0 Å². The number of imide groups is 2. The zero-order valence-electron chi connectivity index (χ0n) is 31.4. The van der Waals surface area contributed by atoms with Gasteiger partial charge < -0.3 is 40.2 Å². The number of nitrogens with one attached hydrogen (secondary N) is 4. The Morgan fingerprint density at radius 3 is 2.15 bits per heavy atom. The SMILES string of the molecule is CCCOCCOCCOCCNC(=O)[C@@H](CSC1CC(=O)N(CCC(=O)NC)C1=O)NC(=O)COCC(=O)Nc1ccc(CCC(=O)N2CCC2=O)cc1. The number of aryl methyl sites for hydroxylation is 1. The Labute approximate surface area is 324 Å². The van der Waals surface area contributed by atoms with Crippen LogP contribution in [0.15, 0.2) is 24.3 Å². The van der Waals surface area contributed by atoms with E-state index in [1.807, 2.05) is 6.92 Å². The fourth-order valence-corrected chi connectivity index (χ4v) is 6.39. The fourth-order valence-electron chi connectivity index (χ4n) is 5.20. The second-order valence-corrected chi connectivity index (χ2v) is 13.7. The number of carbonyl (C=O) groups is 8. The highest BCUT2D eigenvalue weighted by molar-refractivity contribution is 8.00. The Morgan fingerprint density at radius 1 is 0.836 bits per heavy atom. The first-order valence-electron chi connectivity index (χ1n) is 18.3. The molecule has 18 nitrogen and oxygen atoms in total. The summed E-state index contributed by atoms with van der Waals surface area (Å²) in [6.07, 6.45) is 1.82. The smallest absolute Gasteiger partial charge is 0.250 e. The topological polar surface area (TPSA) is 228 Å². The maximum absolute atomic E-state index is 13.1. The van der Waals surface area contributed by atoms with E-state index in [0.29, 0.717) is 58.1 Å². The molecule has 1 aromatic carbocycles. The first-order valence-corrected chi connectivity index (χ1v) is 19.3. The van der Waals surface area contributed by atoms with E-state index >= 15 is 0 Å². The van der Waals surface area contributed by atoms with Crippen molar-refractivity contribution in [3.63, 3.8) is 0 Å². The predicted molar refractivity (Wildman–Crippen MR) is 200 cm³/mol. The van der Waals surface area contributed by atoms with E-state index in [4.69, 9.17) is 18.9 Å². The molecule has 0 bridgehead atoms. The van der Waals surface area contributed by atoms with Crippen molar-refractivity contribution in [1.29, 1.82) is 0 Å². The standard InChI is InChI=1S/C36H52N6O12S/c1-3-15-51-17-19-53-20-18-52-16-12-38-35(49)27(24-55-28-21-34(48)42(36(28)50)13-10-29(43)37-2)40-31(45)23-54-22-30(44)39-26-7-4-25(5-8-26)6-9-32(46)41-14-11-33(41)47/h4-5,7-8,27-28H,3,6,9-24H2,1-2H3,(H,37,43)(H,38,49)(H,39,44)(H,40,45)/t27-,28?/m1/s1. The molecule has 19 heteroatoms. The zero-order valence-corrected chi connectivity index (χ0v) is 32.2. The number of benzene rings is 1. The monoisotopic (exact) mass is 792 g/mol. The molecular formula is C36H52N6O12S. The summed E-state index contributed by atoms with van der Waals surface area (Å²) in [5.74, 6) is -3.43. The van der Waals surface area contributed by atoms with Crippen molar-refractivity contribution in [2.45, 2.75) is 56.7 Å². The predicted octanol–water partition coefficient (Wildman–Crippen LogP) is -0.609. The van der Waals surface area contributed by atoms with Crippen LogP contribution in [-0.2, 0) is 63.7 Å². The van der Waals surface area contributed by atoms with Crippen molar-refractivity contribution in [2.75, 3.05) is 90.6 Å². The number of thioether (sulfide) groups is 1. The first kappa shape index (κ1) is 45.0. The minimum Gasteiger partial charge on any atom is -0.379 e. The third-order valence-electron chi connectivity index (χ3n) is 8.28. The molecule has 8 amide bonds. The second kappa shape index (κ2) is 24.9. The molecule has 0 saturated carbocycles. The van der Waals surface area contributed by atoms with Gasteiger partial charge in [0.1, 0.15) is 19.3 Å². The maximum Gasteiger partial charge on any atom is 0.250 e. The lowest BCUT2D eigenvalue weighted by Gasteiger charge is -2.28. The molecule has 3 rings (SSSR count). The van der Waals surface area contributed by atoms with E-state index < -0.39 is 54.0 Å². The Hall–Kier alpha value is -4.43. The molecule has 0 aliphatic carbocycles. The van der Waals surface area contributed by atoms with E-state index in [1.54, 1.807) is 24.3 Å². The molecule has 2 aliphatic rings. The van der Waals surface area contributed by atoms with Crippen molar-refractivity contribution in [1.82, 2.24) is 25.8 Å². The number of hydrogen-bond acceptors (Lipinski definition) is 13. The number of carbonyl (C=O) groups excluding carboxylic acids is 8. The van der Waals surface area contributed by atoms with Gasteiger partial charge in [-0.2, -0.15) is 0 Å². The van der Waals surface area contributed by atoms with Crippen LogP contribution in [0.3, 0.4) is 0 Å². The largest absolute Gasteiger partial charge is 0.379 e. The first-order chi connectivity index (χ1) is 26.5. The highest BCUT2D eigenvalue weighted by Gasteiger charge is 2.39. The lowest BCUT2D eigenvalue weighted by atomic mass is 10.1. The van der Waals surface area contributed by atoms with Gasteiger partial charge in [-0.05, 0) is 30.5 Å². The molecule has 2 atom stereocenters. The molecule has 2 saturated heterocycles. The molecule has 1 unspecified atom stereocenters. The van der Waals surface area contributed by atoms with Crippen LogP contribution in [0.1, 0.15) is 44.6 Å². The van der Waals surface area contributed by atoms with Gasteiger partial charge in [-0.25, -0.2) is 0 Å². The molecule has 0 radical (unpaired) electrons. The highest BCUT2D eigenvalue weighted by Crippen LogP contribution is 2.26. The van der Waals surface area contributed by atoms with Crippen LogP contribution in [0, 0.1) is 0 Å². The average Bonchev–Trinajstić information content (AvgIpc) is 3.44. The molecule has 2 heterocycles. The van der Waals surface area contributed by atoms with Gasteiger partial charge in [0.2, 0.25) is 47.3 Å². The Kier molecular flexibility index (Phi) is 20.3. The maximum atomic E-state index is 13.1. The van der Waals surface area contributed by atoms with E-state index in [9.17, 15) is 38.4 Å². The quantitative estimate of drug-likeness (QED) is 0.0496. The van der Waals surface area contributed by atoms with E-state index in [2.05, 4.69) is 21.3 Å². The van der Waals surface area contributed by atoms with Crippen molar-refractivity contribution in [3.8, 4) is 0 Å². The van der Waals surface area contributed by atoms with Crippen LogP contribution < -0.4 is 21.3 Å². The minimum atomic E-state index is -1.12. The number of nitrogens with zero attached hydrogens (tertiary/aromatic N) is 2. The average molecular weight is 793 g/mol. The Balaban J connectivity index is 1.43. The van der Waals surface area contributed by atoms with E-state index in [-0.39, 0.29) is 62.4 Å².